The van der Waals surface area contributed by atoms with Crippen molar-refractivity contribution in [3.8, 4) is 5.69 Å². The molecule has 1 aliphatic heterocycles. The van der Waals surface area contributed by atoms with E-state index in [1.54, 1.807) is 41.4 Å². The third kappa shape index (κ3) is 4.34. The number of benzene rings is 1. The summed E-state index contributed by atoms with van der Waals surface area (Å²) < 4.78 is 7.25. The minimum atomic E-state index is -0.369. The van der Waals surface area contributed by atoms with Crippen LogP contribution in [0.5, 0.6) is 0 Å². The predicted octanol–water partition coefficient (Wildman–Crippen LogP) is 3.60. The molecule has 0 aliphatic carbocycles. The molecule has 0 bridgehead atoms. The first-order valence-corrected chi connectivity index (χ1v) is 10.5. The second-order valence-electron chi connectivity index (χ2n) is 6.68. The Hall–Kier alpha value is -2.84. The number of hydrogen-bond donors (Lipinski definition) is 0. The van der Waals surface area contributed by atoms with Crippen LogP contribution in [0.2, 0.25) is 5.02 Å². The highest BCUT2D eigenvalue weighted by Crippen LogP contribution is 2.23. The lowest BCUT2D eigenvalue weighted by Gasteiger charge is -2.35. The van der Waals surface area contributed by atoms with Crippen LogP contribution >= 0.6 is 27.5 Å². The number of furan rings is 1. The predicted molar refractivity (Wildman–Crippen MR) is 119 cm³/mol. The van der Waals surface area contributed by atoms with Gasteiger partial charge in [0.2, 0.25) is 5.91 Å². The van der Waals surface area contributed by atoms with Gasteiger partial charge in [0.05, 0.1) is 17.6 Å². The zero-order valence-corrected chi connectivity index (χ0v) is 18.2. The second kappa shape index (κ2) is 8.89. The van der Waals surface area contributed by atoms with Gasteiger partial charge in [-0.2, -0.15) is 9.78 Å². The highest BCUT2D eigenvalue weighted by atomic mass is 79.9. The summed E-state index contributed by atoms with van der Waals surface area (Å²) in [6.07, 6.45) is 4.74. The molecule has 0 unspecified atom stereocenters. The van der Waals surface area contributed by atoms with Crippen molar-refractivity contribution in [2.24, 2.45) is 0 Å². The van der Waals surface area contributed by atoms with E-state index < -0.39 is 0 Å². The molecule has 0 atom stereocenters. The first-order chi connectivity index (χ1) is 14.5. The molecule has 9 heteroatoms. The number of carbonyl (C=O) groups excluding carboxylic acids is 1. The van der Waals surface area contributed by atoms with Gasteiger partial charge in [0.25, 0.3) is 5.56 Å². The van der Waals surface area contributed by atoms with E-state index in [0.717, 1.165) is 0 Å². The Morgan fingerprint density at radius 2 is 1.83 bits per heavy atom. The number of piperazine rings is 1. The van der Waals surface area contributed by atoms with Crippen molar-refractivity contribution in [3.63, 3.8) is 0 Å². The molecule has 3 aromatic rings. The Balaban J connectivity index is 1.43. The lowest BCUT2D eigenvalue weighted by atomic mass is 10.2. The van der Waals surface area contributed by atoms with Crippen LogP contribution in [0.3, 0.4) is 0 Å². The Morgan fingerprint density at radius 1 is 1.10 bits per heavy atom. The lowest BCUT2D eigenvalue weighted by Crippen LogP contribution is -2.48. The average Bonchev–Trinajstić information content (AvgIpc) is 3.20. The number of halogens is 2. The van der Waals surface area contributed by atoms with Gasteiger partial charge in [-0.05, 0) is 46.3 Å². The third-order valence-corrected chi connectivity index (χ3v) is 5.60. The van der Waals surface area contributed by atoms with Crippen molar-refractivity contribution in [2.75, 3.05) is 31.1 Å². The molecule has 1 fully saturated rings. The molecule has 0 radical (unpaired) electrons. The van der Waals surface area contributed by atoms with Crippen molar-refractivity contribution in [2.45, 2.75) is 0 Å². The maximum Gasteiger partial charge on any atom is 0.292 e. The Morgan fingerprint density at radius 3 is 2.50 bits per heavy atom. The van der Waals surface area contributed by atoms with Crippen molar-refractivity contribution in [1.29, 1.82) is 0 Å². The fourth-order valence-corrected chi connectivity index (χ4v) is 3.81. The minimum absolute atomic E-state index is 0.0918. The molecule has 4 rings (SSSR count). The summed E-state index contributed by atoms with van der Waals surface area (Å²) >= 11 is 9.61. The number of anilines is 1. The molecule has 3 heterocycles. The molecule has 1 amide bonds. The molecule has 1 aromatic carbocycles. The number of carbonyl (C=O) groups is 1. The van der Waals surface area contributed by atoms with Crippen molar-refractivity contribution < 1.29 is 9.21 Å². The van der Waals surface area contributed by atoms with Crippen LogP contribution in [0.25, 0.3) is 11.8 Å². The molecule has 0 saturated carbocycles. The Kier molecular flexibility index (Phi) is 6.06. The number of amides is 1. The number of para-hydroxylation sites is 1. The van der Waals surface area contributed by atoms with Gasteiger partial charge < -0.3 is 14.2 Å². The van der Waals surface area contributed by atoms with Gasteiger partial charge in [0.15, 0.2) is 4.67 Å². The second-order valence-corrected chi connectivity index (χ2v) is 7.84. The van der Waals surface area contributed by atoms with Crippen LogP contribution in [0.1, 0.15) is 5.76 Å². The minimum Gasteiger partial charge on any atom is -0.450 e. The first kappa shape index (κ1) is 20.4. The zero-order valence-electron chi connectivity index (χ0n) is 15.9. The maximum atomic E-state index is 12.7. The smallest absolute Gasteiger partial charge is 0.292 e. The van der Waals surface area contributed by atoms with Gasteiger partial charge in [-0.3, -0.25) is 9.59 Å². The molecular weight excluding hydrogens is 472 g/mol. The number of aromatic nitrogens is 2. The molecule has 154 valence electrons. The number of rotatable bonds is 4. The Labute approximate surface area is 186 Å². The summed E-state index contributed by atoms with van der Waals surface area (Å²) in [7, 11) is 0. The van der Waals surface area contributed by atoms with Crippen LogP contribution in [-0.2, 0) is 4.79 Å². The summed E-state index contributed by atoms with van der Waals surface area (Å²) in [5.41, 5.74) is 0.866. The van der Waals surface area contributed by atoms with E-state index in [4.69, 9.17) is 16.0 Å². The van der Waals surface area contributed by atoms with Gasteiger partial charge in [-0.25, -0.2) is 0 Å². The Bertz CT molecular complexity index is 1130. The van der Waals surface area contributed by atoms with Gasteiger partial charge in [-0.1, -0.05) is 29.8 Å². The largest absolute Gasteiger partial charge is 0.450 e. The van der Waals surface area contributed by atoms with Crippen molar-refractivity contribution in [3.05, 3.63) is 80.5 Å². The molecule has 1 aliphatic rings. The normalized spacial score (nSPS) is 14.5. The molecule has 1 saturated heterocycles. The summed E-state index contributed by atoms with van der Waals surface area (Å²) in [4.78, 5) is 28.8. The molecule has 2 aromatic heterocycles. The van der Waals surface area contributed by atoms with Gasteiger partial charge >= 0.3 is 0 Å². The van der Waals surface area contributed by atoms with E-state index >= 15 is 0 Å². The maximum absolute atomic E-state index is 12.7. The lowest BCUT2D eigenvalue weighted by molar-refractivity contribution is -0.126. The molecular formula is C21H18BrClN4O3. The highest BCUT2D eigenvalue weighted by molar-refractivity contribution is 9.10. The quantitative estimate of drug-likeness (QED) is 0.524. The van der Waals surface area contributed by atoms with Crippen LogP contribution < -0.4 is 10.5 Å². The van der Waals surface area contributed by atoms with E-state index in [2.05, 4.69) is 21.0 Å². The summed E-state index contributed by atoms with van der Waals surface area (Å²) in [5, 5.41) is 4.40. The SMILES string of the molecule is O=C(C=Cc1ccc(Br)o1)N1CCN(c2cnn(-c3ccccc3)c(=O)c2Cl)CC1. The number of nitrogens with zero attached hydrogens (tertiary/aromatic N) is 4. The topological polar surface area (TPSA) is 71.6 Å². The zero-order chi connectivity index (χ0) is 21.1. The third-order valence-electron chi connectivity index (χ3n) is 4.82. The molecule has 7 nitrogen and oxygen atoms in total. The average molecular weight is 490 g/mol. The van der Waals surface area contributed by atoms with E-state index in [1.165, 1.54) is 10.8 Å². The molecule has 0 N–H and O–H groups in total. The fraction of sp³-hybridized carbons (Fsp3) is 0.190. The van der Waals surface area contributed by atoms with Crippen LogP contribution in [0.15, 0.2) is 68.6 Å². The van der Waals surface area contributed by atoms with Gasteiger partial charge in [0.1, 0.15) is 10.8 Å². The van der Waals surface area contributed by atoms with E-state index in [1.807, 2.05) is 23.1 Å². The van der Waals surface area contributed by atoms with Crippen LogP contribution in [-0.4, -0.2) is 46.8 Å². The highest BCUT2D eigenvalue weighted by Gasteiger charge is 2.23. The fourth-order valence-electron chi connectivity index (χ4n) is 3.24. The van der Waals surface area contributed by atoms with E-state index in [9.17, 15) is 9.59 Å². The van der Waals surface area contributed by atoms with E-state index in [0.29, 0.717) is 48.0 Å². The van der Waals surface area contributed by atoms with Crippen molar-refractivity contribution >= 4 is 45.2 Å². The van der Waals surface area contributed by atoms with Crippen LogP contribution in [0.4, 0.5) is 5.69 Å². The molecule has 0 spiro atoms. The first-order valence-electron chi connectivity index (χ1n) is 9.33. The molecule has 30 heavy (non-hydrogen) atoms. The van der Waals surface area contributed by atoms with Gasteiger partial charge in [-0.15, -0.1) is 0 Å². The summed E-state index contributed by atoms with van der Waals surface area (Å²) in [5.74, 6) is 0.511. The number of hydrogen-bond acceptors (Lipinski definition) is 5. The van der Waals surface area contributed by atoms with Crippen molar-refractivity contribution in [1.82, 2.24) is 14.7 Å². The van der Waals surface area contributed by atoms with Crippen LogP contribution in [0, 0.1) is 0 Å². The monoisotopic (exact) mass is 488 g/mol. The standard InChI is InChI=1S/C21H18BrClN4O3/c22-18-8-6-16(30-18)7-9-19(28)26-12-10-25(11-13-26)17-14-24-27(21(29)20(17)23)15-4-2-1-3-5-15/h1-9,14H,10-13H2. The van der Waals surface area contributed by atoms with Gasteiger partial charge in [0, 0.05) is 32.3 Å². The summed E-state index contributed by atoms with van der Waals surface area (Å²) in [6, 6.07) is 12.7. The van der Waals surface area contributed by atoms with E-state index in [-0.39, 0.29) is 16.5 Å². The summed E-state index contributed by atoms with van der Waals surface area (Å²) in [6.45, 7) is 2.15.